The van der Waals surface area contributed by atoms with Crippen LogP contribution in [0.25, 0.3) is 0 Å². The van der Waals surface area contributed by atoms with Crippen LogP contribution in [0.1, 0.15) is 0 Å². The molecule has 0 fully saturated rings. The second-order valence-corrected chi connectivity index (χ2v) is 1.81. The van der Waals surface area contributed by atoms with Gasteiger partial charge in [0.05, 0.1) is 6.21 Å². The van der Waals surface area contributed by atoms with Crippen molar-refractivity contribution < 1.29 is 14.7 Å². The van der Waals surface area contributed by atoms with Crippen molar-refractivity contribution in [2.45, 2.75) is 0 Å². The summed E-state index contributed by atoms with van der Waals surface area (Å²) in [5.74, 6) is -0.659. The van der Waals surface area contributed by atoms with E-state index in [4.69, 9.17) is 16.7 Å². The molecule has 0 aliphatic rings. The minimum absolute atomic E-state index is 0.394. The van der Waals surface area contributed by atoms with Crippen LogP contribution >= 0.6 is 11.6 Å². The van der Waals surface area contributed by atoms with E-state index in [1.165, 1.54) is 6.21 Å². The minimum atomic E-state index is -1.05. The van der Waals surface area contributed by atoms with Crippen LogP contribution in [0.3, 0.4) is 0 Å². The number of carboxylic acid groups (broad SMARTS) is 1. The number of hydrogen-bond acceptors (Lipinski definition) is 3. The van der Waals surface area contributed by atoms with Gasteiger partial charge in [-0.1, -0.05) is 11.2 Å². The zero-order valence-electron chi connectivity index (χ0n) is 5.74. The maximum atomic E-state index is 9.85. The van der Waals surface area contributed by atoms with E-state index in [9.17, 15) is 4.79 Å². The minimum Gasteiger partial charge on any atom is -0.479 e. The maximum absolute atomic E-state index is 9.85. The molecule has 0 aliphatic heterocycles. The Morgan fingerprint density at radius 3 is 3.00 bits per heavy atom. The summed E-state index contributed by atoms with van der Waals surface area (Å²) in [6.07, 6.45) is 4.54. The highest BCUT2D eigenvalue weighted by Gasteiger charge is 1.91. The molecule has 4 nitrogen and oxygen atoms in total. The van der Waals surface area contributed by atoms with E-state index >= 15 is 0 Å². The Kier molecular flexibility index (Phi) is 6.42. The van der Waals surface area contributed by atoms with E-state index in [0.29, 0.717) is 5.88 Å². The van der Waals surface area contributed by atoms with Crippen LogP contribution in [0.4, 0.5) is 0 Å². The van der Waals surface area contributed by atoms with E-state index in [1.54, 1.807) is 12.2 Å². The zero-order chi connectivity index (χ0) is 8.53. The van der Waals surface area contributed by atoms with E-state index < -0.39 is 12.6 Å². The van der Waals surface area contributed by atoms with E-state index in [1.807, 2.05) is 0 Å². The molecule has 0 unspecified atom stereocenters. The van der Waals surface area contributed by atoms with Gasteiger partial charge in [-0.15, -0.1) is 11.6 Å². The van der Waals surface area contributed by atoms with Gasteiger partial charge in [-0.2, -0.15) is 0 Å². The number of allylic oxidation sites excluding steroid dienone is 2. The van der Waals surface area contributed by atoms with Crippen LogP contribution in [0.2, 0.25) is 0 Å². The number of hydrogen-bond donors (Lipinski definition) is 1. The lowest BCUT2D eigenvalue weighted by Crippen LogP contribution is -2.02. The summed E-state index contributed by atoms with van der Waals surface area (Å²) in [7, 11) is 0. The van der Waals surface area contributed by atoms with Crippen molar-refractivity contribution in [1.82, 2.24) is 0 Å². The molecule has 0 rings (SSSR count). The first-order valence-corrected chi connectivity index (χ1v) is 3.39. The molecule has 0 spiro atoms. The number of alkyl halides is 1. The molecule has 0 bridgehead atoms. The molecule has 5 heteroatoms. The van der Waals surface area contributed by atoms with Crippen molar-refractivity contribution in [3.8, 4) is 0 Å². The number of carbonyl (C=O) groups is 1. The highest BCUT2D eigenvalue weighted by Crippen LogP contribution is 1.77. The fraction of sp³-hybridized carbons (Fsp3) is 0.333. The first-order valence-electron chi connectivity index (χ1n) is 2.85. The summed E-state index contributed by atoms with van der Waals surface area (Å²) in [5, 5.41) is 11.4. The molecule has 0 amide bonds. The fourth-order valence-corrected chi connectivity index (χ4v) is 0.386. The monoisotopic (exact) mass is 177 g/mol. The van der Waals surface area contributed by atoms with Crippen LogP contribution in [-0.4, -0.2) is 29.8 Å². The summed E-state index contributed by atoms with van der Waals surface area (Å²) in [6.45, 7) is -0.425. The maximum Gasteiger partial charge on any atom is 0.344 e. The average molecular weight is 178 g/mol. The highest BCUT2D eigenvalue weighted by molar-refractivity contribution is 6.19. The summed E-state index contributed by atoms with van der Waals surface area (Å²) < 4.78 is 0. The number of aliphatic carboxylic acids is 1. The number of halogens is 1. The summed E-state index contributed by atoms with van der Waals surface area (Å²) >= 11 is 5.28. The lowest BCUT2D eigenvalue weighted by atomic mass is 10.6. The predicted octanol–water partition coefficient (Wildman–Crippen LogP) is 0.868. The molecule has 0 atom stereocenters. The van der Waals surface area contributed by atoms with Gasteiger partial charge in [0.1, 0.15) is 0 Å². The Hall–Kier alpha value is -1.03. The van der Waals surface area contributed by atoms with Crippen LogP contribution in [0, 0.1) is 0 Å². The largest absolute Gasteiger partial charge is 0.479 e. The molecule has 0 aliphatic carbocycles. The molecule has 0 saturated heterocycles. The fourth-order valence-electron chi connectivity index (χ4n) is 0.283. The summed E-state index contributed by atoms with van der Waals surface area (Å²) in [6, 6.07) is 0. The second-order valence-electron chi connectivity index (χ2n) is 1.50. The summed E-state index contributed by atoms with van der Waals surface area (Å²) in [4.78, 5) is 14.2. The average Bonchev–Trinajstić information content (AvgIpc) is 1.96. The van der Waals surface area contributed by atoms with Gasteiger partial charge >= 0.3 is 5.97 Å². The van der Waals surface area contributed by atoms with Crippen molar-refractivity contribution in [3.05, 3.63) is 12.2 Å². The molecule has 0 radical (unpaired) electrons. The summed E-state index contributed by atoms with van der Waals surface area (Å²) in [5.41, 5.74) is 0. The van der Waals surface area contributed by atoms with Crippen LogP contribution in [-0.2, 0) is 9.63 Å². The Morgan fingerprint density at radius 2 is 2.45 bits per heavy atom. The predicted molar refractivity (Wildman–Crippen MR) is 41.9 cm³/mol. The Morgan fingerprint density at radius 1 is 1.73 bits per heavy atom. The van der Waals surface area contributed by atoms with Gasteiger partial charge in [-0.05, 0) is 6.08 Å². The topological polar surface area (TPSA) is 58.9 Å². The molecule has 1 N–H and O–H groups in total. The van der Waals surface area contributed by atoms with Crippen molar-refractivity contribution >= 4 is 23.8 Å². The van der Waals surface area contributed by atoms with E-state index in [-0.39, 0.29) is 0 Å². The van der Waals surface area contributed by atoms with E-state index in [0.717, 1.165) is 0 Å². The lowest BCUT2D eigenvalue weighted by Gasteiger charge is -1.89. The van der Waals surface area contributed by atoms with Gasteiger partial charge in [0.2, 0.25) is 6.61 Å². The smallest absolute Gasteiger partial charge is 0.344 e. The highest BCUT2D eigenvalue weighted by atomic mass is 35.5. The molecule has 0 aromatic heterocycles. The van der Waals surface area contributed by atoms with Gasteiger partial charge in [0, 0.05) is 5.88 Å². The third-order valence-electron chi connectivity index (χ3n) is 0.635. The van der Waals surface area contributed by atoms with Crippen molar-refractivity contribution in [1.29, 1.82) is 0 Å². The number of nitrogens with zero attached hydrogens (tertiary/aromatic N) is 1. The normalized spacial score (nSPS) is 11.0. The van der Waals surface area contributed by atoms with Crippen LogP contribution < -0.4 is 0 Å². The molecular formula is C6H8ClNO3. The lowest BCUT2D eigenvalue weighted by molar-refractivity contribution is -0.142. The van der Waals surface area contributed by atoms with Gasteiger partial charge in [0.25, 0.3) is 0 Å². The first kappa shape index (κ1) is 9.97. The van der Waals surface area contributed by atoms with E-state index in [2.05, 4.69) is 9.99 Å². The number of oxime groups is 1. The third-order valence-corrected chi connectivity index (χ3v) is 0.813. The van der Waals surface area contributed by atoms with Crippen molar-refractivity contribution in [2.24, 2.45) is 5.16 Å². The standard InChI is InChI=1S/C6H8ClNO3/c7-3-1-2-4-8-11-5-6(9)10/h1-2,4H,3,5H2,(H,9,10). The molecule has 0 heterocycles. The van der Waals surface area contributed by atoms with Crippen LogP contribution in [0.15, 0.2) is 17.3 Å². The van der Waals surface area contributed by atoms with Gasteiger partial charge in [-0.3, -0.25) is 0 Å². The second kappa shape index (κ2) is 7.08. The van der Waals surface area contributed by atoms with Crippen molar-refractivity contribution in [2.75, 3.05) is 12.5 Å². The molecule has 62 valence electrons. The molecule has 0 aromatic rings. The number of carboxylic acids is 1. The van der Waals surface area contributed by atoms with Gasteiger partial charge in [-0.25, -0.2) is 4.79 Å². The Bertz CT molecular complexity index is 167. The Balaban J connectivity index is 3.30. The quantitative estimate of drug-likeness (QED) is 0.385. The molecule has 11 heavy (non-hydrogen) atoms. The third kappa shape index (κ3) is 8.97. The van der Waals surface area contributed by atoms with Gasteiger partial charge < -0.3 is 9.94 Å². The van der Waals surface area contributed by atoms with Crippen molar-refractivity contribution in [3.63, 3.8) is 0 Å². The van der Waals surface area contributed by atoms with Gasteiger partial charge in [0.15, 0.2) is 0 Å². The van der Waals surface area contributed by atoms with Crippen LogP contribution in [0.5, 0.6) is 0 Å². The molecule has 0 saturated carbocycles. The molecular weight excluding hydrogens is 170 g/mol. The Labute approximate surface area is 69.1 Å². The number of rotatable bonds is 5. The SMILES string of the molecule is O=C(O)CON=CC=CCCl. The zero-order valence-corrected chi connectivity index (χ0v) is 6.49. The molecule has 0 aromatic carbocycles. The first-order chi connectivity index (χ1) is 5.27.